The molecule has 0 bridgehead atoms. The molecule has 0 spiro atoms. The summed E-state index contributed by atoms with van der Waals surface area (Å²) in [4.78, 5) is 12.0. The minimum Gasteiger partial charge on any atom is -0.394 e. The van der Waals surface area contributed by atoms with Crippen LogP contribution in [-0.4, -0.2) is 23.2 Å². The van der Waals surface area contributed by atoms with Gasteiger partial charge in [-0.2, -0.15) is 0 Å². The van der Waals surface area contributed by atoms with Gasteiger partial charge in [-0.3, -0.25) is 4.79 Å². The first-order valence-electron chi connectivity index (χ1n) is 6.55. The van der Waals surface area contributed by atoms with Crippen molar-refractivity contribution < 1.29 is 23.1 Å². The second-order valence-electron chi connectivity index (χ2n) is 5.21. The Bertz CT molecular complexity index is 490. The number of aliphatic hydroxyl groups excluding tert-OH is 1. The minimum atomic E-state index is -1.60. The summed E-state index contributed by atoms with van der Waals surface area (Å²) in [5, 5.41) is 12.1. The van der Waals surface area contributed by atoms with Gasteiger partial charge in [0.1, 0.15) is 0 Å². The average molecular weight is 287 g/mol. The maximum atomic E-state index is 13.1. The van der Waals surface area contributed by atoms with Crippen molar-refractivity contribution in [1.29, 1.82) is 0 Å². The van der Waals surface area contributed by atoms with Crippen molar-refractivity contribution in [2.24, 2.45) is 0 Å². The molecule has 1 aromatic rings. The van der Waals surface area contributed by atoms with E-state index in [1.165, 1.54) is 0 Å². The lowest BCUT2D eigenvalue weighted by molar-refractivity contribution is 0.0757. The molecule has 0 heterocycles. The SMILES string of the molecule is O=C(NC1(CO)CCCCC1)c1cc(F)c(F)c(F)c1. The number of halogens is 3. The van der Waals surface area contributed by atoms with Crippen molar-refractivity contribution in [2.75, 3.05) is 6.61 Å². The molecule has 1 aliphatic carbocycles. The van der Waals surface area contributed by atoms with Crippen molar-refractivity contribution >= 4 is 5.91 Å². The summed E-state index contributed by atoms with van der Waals surface area (Å²) in [6, 6.07) is 1.31. The topological polar surface area (TPSA) is 49.3 Å². The van der Waals surface area contributed by atoms with Gasteiger partial charge in [-0.15, -0.1) is 0 Å². The van der Waals surface area contributed by atoms with Crippen LogP contribution in [-0.2, 0) is 0 Å². The first-order chi connectivity index (χ1) is 9.47. The zero-order valence-corrected chi connectivity index (χ0v) is 10.9. The fraction of sp³-hybridized carbons (Fsp3) is 0.500. The van der Waals surface area contributed by atoms with Crippen molar-refractivity contribution in [3.05, 3.63) is 35.1 Å². The molecule has 0 saturated heterocycles. The molecule has 2 rings (SSSR count). The van der Waals surface area contributed by atoms with Gasteiger partial charge < -0.3 is 10.4 Å². The second kappa shape index (κ2) is 5.83. The molecular formula is C14H16F3NO2. The van der Waals surface area contributed by atoms with Gasteiger partial charge in [0.05, 0.1) is 12.1 Å². The van der Waals surface area contributed by atoms with Gasteiger partial charge in [0.25, 0.3) is 5.91 Å². The van der Waals surface area contributed by atoms with E-state index in [-0.39, 0.29) is 12.2 Å². The van der Waals surface area contributed by atoms with Crippen LogP contribution in [0.4, 0.5) is 13.2 Å². The van der Waals surface area contributed by atoms with E-state index in [0.29, 0.717) is 25.0 Å². The summed E-state index contributed by atoms with van der Waals surface area (Å²) < 4.78 is 39.1. The van der Waals surface area contributed by atoms with Crippen LogP contribution >= 0.6 is 0 Å². The van der Waals surface area contributed by atoms with Gasteiger partial charge in [0.2, 0.25) is 0 Å². The Morgan fingerprint density at radius 3 is 2.20 bits per heavy atom. The van der Waals surface area contributed by atoms with E-state index >= 15 is 0 Å². The molecule has 1 aliphatic rings. The third-order valence-corrected chi connectivity index (χ3v) is 3.74. The third-order valence-electron chi connectivity index (χ3n) is 3.74. The molecule has 1 saturated carbocycles. The predicted octanol–water partition coefficient (Wildman–Crippen LogP) is 2.53. The average Bonchev–Trinajstić information content (AvgIpc) is 2.45. The van der Waals surface area contributed by atoms with Crippen LogP contribution in [0.3, 0.4) is 0 Å². The van der Waals surface area contributed by atoms with Gasteiger partial charge in [0, 0.05) is 5.56 Å². The van der Waals surface area contributed by atoms with Crippen molar-refractivity contribution in [2.45, 2.75) is 37.6 Å². The van der Waals surface area contributed by atoms with Crippen molar-refractivity contribution in [3.8, 4) is 0 Å². The molecule has 20 heavy (non-hydrogen) atoms. The van der Waals surface area contributed by atoms with Crippen molar-refractivity contribution in [3.63, 3.8) is 0 Å². The number of rotatable bonds is 3. The number of benzene rings is 1. The normalized spacial score (nSPS) is 17.8. The molecule has 1 fully saturated rings. The van der Waals surface area contributed by atoms with E-state index in [2.05, 4.69) is 5.32 Å². The fourth-order valence-electron chi connectivity index (χ4n) is 2.55. The Balaban J connectivity index is 2.19. The Morgan fingerprint density at radius 1 is 1.15 bits per heavy atom. The largest absolute Gasteiger partial charge is 0.394 e. The van der Waals surface area contributed by atoms with Crippen LogP contribution in [0.25, 0.3) is 0 Å². The van der Waals surface area contributed by atoms with Gasteiger partial charge in [-0.05, 0) is 25.0 Å². The van der Waals surface area contributed by atoms with Crippen LogP contribution in [0.1, 0.15) is 42.5 Å². The van der Waals surface area contributed by atoms with Crippen LogP contribution in [0, 0.1) is 17.5 Å². The molecule has 0 unspecified atom stereocenters. The van der Waals surface area contributed by atoms with Crippen LogP contribution in [0.5, 0.6) is 0 Å². The fourth-order valence-corrected chi connectivity index (χ4v) is 2.55. The summed E-state index contributed by atoms with van der Waals surface area (Å²) in [5.41, 5.74) is -1.05. The monoisotopic (exact) mass is 287 g/mol. The lowest BCUT2D eigenvalue weighted by Gasteiger charge is -2.36. The number of carbonyl (C=O) groups is 1. The zero-order valence-electron chi connectivity index (χ0n) is 10.9. The van der Waals surface area contributed by atoms with Crippen molar-refractivity contribution in [1.82, 2.24) is 5.32 Å². The van der Waals surface area contributed by atoms with E-state index in [4.69, 9.17) is 0 Å². The Labute approximate surface area is 114 Å². The lowest BCUT2D eigenvalue weighted by Crippen LogP contribution is -2.52. The number of hydrogen-bond acceptors (Lipinski definition) is 2. The Hall–Kier alpha value is -1.56. The van der Waals surface area contributed by atoms with Crippen LogP contribution in [0.2, 0.25) is 0 Å². The molecule has 0 aliphatic heterocycles. The molecule has 0 radical (unpaired) electrons. The highest BCUT2D eigenvalue weighted by Gasteiger charge is 2.33. The molecule has 110 valence electrons. The quantitative estimate of drug-likeness (QED) is 0.839. The standard InChI is InChI=1S/C14H16F3NO2/c15-10-6-9(7-11(16)12(10)17)13(20)18-14(8-19)4-2-1-3-5-14/h6-7,19H,1-5,8H2,(H,18,20). The maximum Gasteiger partial charge on any atom is 0.252 e. The minimum absolute atomic E-state index is 0.231. The highest BCUT2D eigenvalue weighted by atomic mass is 19.2. The zero-order chi connectivity index (χ0) is 14.8. The first kappa shape index (κ1) is 14.8. The summed E-state index contributed by atoms with van der Waals surface area (Å²) in [6.07, 6.45) is 3.99. The van der Waals surface area contributed by atoms with Gasteiger partial charge in [-0.25, -0.2) is 13.2 Å². The molecule has 1 amide bonds. The Kier molecular flexibility index (Phi) is 4.32. The smallest absolute Gasteiger partial charge is 0.252 e. The number of carbonyl (C=O) groups excluding carboxylic acids is 1. The summed E-state index contributed by atoms with van der Waals surface area (Å²) in [6.45, 7) is -0.231. The first-order valence-corrected chi connectivity index (χ1v) is 6.55. The summed E-state index contributed by atoms with van der Waals surface area (Å²) >= 11 is 0. The Morgan fingerprint density at radius 2 is 1.70 bits per heavy atom. The van der Waals surface area contributed by atoms with E-state index in [9.17, 15) is 23.1 Å². The van der Waals surface area contributed by atoms with Gasteiger partial charge in [-0.1, -0.05) is 19.3 Å². The maximum absolute atomic E-state index is 13.1. The number of amides is 1. The summed E-state index contributed by atoms with van der Waals surface area (Å²) in [5.74, 6) is -5.12. The highest BCUT2D eigenvalue weighted by molar-refractivity contribution is 5.94. The van der Waals surface area contributed by atoms with E-state index in [1.807, 2.05) is 0 Å². The van der Waals surface area contributed by atoms with Gasteiger partial charge >= 0.3 is 0 Å². The molecule has 6 heteroatoms. The van der Waals surface area contributed by atoms with Crippen LogP contribution < -0.4 is 5.32 Å². The summed E-state index contributed by atoms with van der Waals surface area (Å²) in [7, 11) is 0. The van der Waals surface area contributed by atoms with Gasteiger partial charge in [0.15, 0.2) is 17.5 Å². The third kappa shape index (κ3) is 2.95. The second-order valence-corrected chi connectivity index (χ2v) is 5.21. The molecule has 2 N–H and O–H groups in total. The molecule has 0 atom stereocenters. The van der Waals surface area contributed by atoms with E-state index < -0.39 is 28.9 Å². The van der Waals surface area contributed by atoms with E-state index in [1.54, 1.807) is 0 Å². The number of nitrogens with one attached hydrogen (secondary N) is 1. The molecular weight excluding hydrogens is 271 g/mol. The molecule has 1 aromatic carbocycles. The number of aliphatic hydroxyl groups is 1. The highest BCUT2D eigenvalue weighted by Crippen LogP contribution is 2.28. The lowest BCUT2D eigenvalue weighted by atomic mass is 9.82. The molecule has 3 nitrogen and oxygen atoms in total. The molecule has 0 aromatic heterocycles. The van der Waals surface area contributed by atoms with Crippen LogP contribution in [0.15, 0.2) is 12.1 Å². The predicted molar refractivity (Wildman–Crippen MR) is 66.7 cm³/mol. The van der Waals surface area contributed by atoms with E-state index in [0.717, 1.165) is 19.3 Å². The number of hydrogen-bond donors (Lipinski definition) is 2.